The Morgan fingerprint density at radius 1 is 0.880 bits per heavy atom. The van der Waals surface area contributed by atoms with E-state index in [4.69, 9.17) is 14.2 Å². The second-order valence-electron chi connectivity index (χ2n) is 5.26. The van der Waals surface area contributed by atoms with Gasteiger partial charge in [0, 0.05) is 11.1 Å². The summed E-state index contributed by atoms with van der Waals surface area (Å²) in [6, 6.07) is 13.4. The van der Waals surface area contributed by atoms with E-state index >= 15 is 0 Å². The number of hydrogen-bond donors (Lipinski definition) is 1. The van der Waals surface area contributed by atoms with Crippen LogP contribution in [-0.2, 0) is 0 Å². The molecular weight excluding hydrogens is 318 g/mol. The van der Waals surface area contributed by atoms with Crippen LogP contribution < -0.4 is 14.2 Å². The third-order valence-corrected chi connectivity index (χ3v) is 3.65. The second-order valence-corrected chi connectivity index (χ2v) is 5.26. The highest BCUT2D eigenvalue weighted by Gasteiger charge is 2.12. The molecule has 1 aromatic heterocycles. The molecule has 0 atom stereocenters. The molecule has 0 fully saturated rings. The van der Waals surface area contributed by atoms with E-state index in [-0.39, 0.29) is 0 Å². The smallest absolute Gasteiger partial charge is 0.181 e. The van der Waals surface area contributed by atoms with E-state index in [1.165, 1.54) is 0 Å². The lowest BCUT2D eigenvalue weighted by Crippen LogP contribution is -1.98. The van der Waals surface area contributed by atoms with Crippen molar-refractivity contribution >= 4 is 0 Å². The molecule has 1 N–H and O–H groups in total. The monoisotopic (exact) mass is 339 g/mol. The fourth-order valence-electron chi connectivity index (χ4n) is 2.46. The molecule has 25 heavy (non-hydrogen) atoms. The van der Waals surface area contributed by atoms with Crippen LogP contribution in [0.5, 0.6) is 17.2 Å². The summed E-state index contributed by atoms with van der Waals surface area (Å²) in [5, 5.41) is 7.29. The van der Waals surface area contributed by atoms with Gasteiger partial charge in [-0.25, -0.2) is 4.98 Å². The molecule has 0 aliphatic carbocycles. The van der Waals surface area contributed by atoms with Crippen molar-refractivity contribution in [3.63, 3.8) is 0 Å². The fourth-order valence-corrected chi connectivity index (χ4v) is 2.46. The molecule has 2 aromatic carbocycles. The summed E-state index contributed by atoms with van der Waals surface area (Å²) in [6.07, 6.45) is 0. The molecule has 1 heterocycles. The second kappa shape index (κ2) is 7.70. The molecule has 0 saturated heterocycles. The molecule has 3 aromatic rings. The number of nitrogens with one attached hydrogen (secondary N) is 1. The molecule has 6 nitrogen and oxygen atoms in total. The molecular formula is C19H21N3O3. The van der Waals surface area contributed by atoms with Crippen LogP contribution in [0.2, 0.25) is 0 Å². The maximum atomic E-state index is 5.66. The maximum absolute atomic E-state index is 5.66. The van der Waals surface area contributed by atoms with Gasteiger partial charge in [0.15, 0.2) is 23.1 Å². The number of ether oxygens (including phenoxy) is 3. The van der Waals surface area contributed by atoms with Crippen molar-refractivity contribution in [3.8, 4) is 40.0 Å². The Balaban J connectivity index is 1.89. The first-order valence-corrected chi connectivity index (χ1v) is 8.22. The number of benzene rings is 2. The Hall–Kier alpha value is -3.02. The average Bonchev–Trinajstić information content (AvgIpc) is 3.14. The predicted molar refractivity (Wildman–Crippen MR) is 96.1 cm³/mol. The first kappa shape index (κ1) is 16.8. The van der Waals surface area contributed by atoms with Crippen LogP contribution in [0.4, 0.5) is 0 Å². The molecule has 0 unspecified atom stereocenters. The Bertz CT molecular complexity index is 828. The van der Waals surface area contributed by atoms with Crippen molar-refractivity contribution in [2.24, 2.45) is 0 Å². The largest absolute Gasteiger partial charge is 0.497 e. The molecule has 0 aliphatic heterocycles. The SMILES string of the molecule is CCOc1ccc(-c2n[nH]c(-c3ccc(OC)cc3)n2)cc1OCC. The number of methoxy groups -OCH3 is 1. The van der Waals surface area contributed by atoms with E-state index in [1.807, 2.05) is 56.3 Å². The minimum Gasteiger partial charge on any atom is -0.497 e. The minimum atomic E-state index is 0.564. The lowest BCUT2D eigenvalue weighted by atomic mass is 10.2. The van der Waals surface area contributed by atoms with Crippen molar-refractivity contribution in [1.29, 1.82) is 0 Å². The van der Waals surface area contributed by atoms with Gasteiger partial charge in [0.25, 0.3) is 0 Å². The van der Waals surface area contributed by atoms with Gasteiger partial charge in [-0.2, -0.15) is 5.10 Å². The molecule has 0 spiro atoms. The van der Waals surface area contributed by atoms with Gasteiger partial charge in [-0.15, -0.1) is 0 Å². The summed E-state index contributed by atoms with van der Waals surface area (Å²) in [4.78, 5) is 4.58. The number of hydrogen-bond acceptors (Lipinski definition) is 5. The predicted octanol–water partition coefficient (Wildman–Crippen LogP) is 3.94. The Morgan fingerprint density at radius 3 is 2.24 bits per heavy atom. The summed E-state index contributed by atoms with van der Waals surface area (Å²) in [5.74, 6) is 3.52. The highest BCUT2D eigenvalue weighted by Crippen LogP contribution is 2.32. The molecule has 0 bridgehead atoms. The molecule has 0 radical (unpaired) electrons. The van der Waals surface area contributed by atoms with Crippen LogP contribution in [0.3, 0.4) is 0 Å². The van der Waals surface area contributed by atoms with E-state index in [0.717, 1.165) is 22.6 Å². The highest BCUT2D eigenvalue weighted by atomic mass is 16.5. The fraction of sp³-hybridized carbons (Fsp3) is 0.263. The van der Waals surface area contributed by atoms with Gasteiger partial charge >= 0.3 is 0 Å². The Labute approximate surface area is 146 Å². The molecule has 130 valence electrons. The van der Waals surface area contributed by atoms with Gasteiger partial charge in [0.2, 0.25) is 0 Å². The van der Waals surface area contributed by atoms with Gasteiger partial charge < -0.3 is 14.2 Å². The number of aromatic nitrogens is 3. The third-order valence-electron chi connectivity index (χ3n) is 3.65. The zero-order chi connectivity index (χ0) is 17.6. The maximum Gasteiger partial charge on any atom is 0.181 e. The Kier molecular flexibility index (Phi) is 5.18. The zero-order valence-corrected chi connectivity index (χ0v) is 14.6. The summed E-state index contributed by atoms with van der Waals surface area (Å²) in [6.45, 7) is 5.04. The quantitative estimate of drug-likeness (QED) is 0.706. The van der Waals surface area contributed by atoms with Gasteiger partial charge in [-0.3, -0.25) is 5.10 Å². The number of aromatic amines is 1. The van der Waals surface area contributed by atoms with E-state index in [9.17, 15) is 0 Å². The third kappa shape index (κ3) is 3.74. The number of H-pyrrole nitrogens is 1. The summed E-state index contributed by atoms with van der Waals surface area (Å²) < 4.78 is 16.4. The van der Waals surface area contributed by atoms with Crippen LogP contribution in [0, 0.1) is 0 Å². The van der Waals surface area contributed by atoms with Crippen LogP contribution in [0.1, 0.15) is 13.8 Å². The summed E-state index contributed by atoms with van der Waals surface area (Å²) in [5.41, 5.74) is 1.80. The topological polar surface area (TPSA) is 69.3 Å². The minimum absolute atomic E-state index is 0.564. The van der Waals surface area contributed by atoms with Crippen molar-refractivity contribution in [3.05, 3.63) is 42.5 Å². The first-order valence-electron chi connectivity index (χ1n) is 8.22. The van der Waals surface area contributed by atoms with Crippen molar-refractivity contribution < 1.29 is 14.2 Å². The van der Waals surface area contributed by atoms with E-state index in [1.54, 1.807) is 7.11 Å². The van der Waals surface area contributed by atoms with Gasteiger partial charge in [-0.05, 0) is 56.3 Å². The summed E-state index contributed by atoms with van der Waals surface area (Å²) >= 11 is 0. The van der Waals surface area contributed by atoms with E-state index in [2.05, 4.69) is 15.2 Å². The lowest BCUT2D eigenvalue weighted by Gasteiger charge is -2.11. The van der Waals surface area contributed by atoms with Gasteiger partial charge in [0.05, 0.1) is 20.3 Å². The van der Waals surface area contributed by atoms with Gasteiger partial charge in [0.1, 0.15) is 5.75 Å². The molecule has 0 aliphatic rings. The lowest BCUT2D eigenvalue weighted by molar-refractivity contribution is 0.288. The normalized spacial score (nSPS) is 10.5. The molecule has 0 amide bonds. The highest BCUT2D eigenvalue weighted by molar-refractivity contribution is 5.64. The van der Waals surface area contributed by atoms with Crippen LogP contribution in [0.15, 0.2) is 42.5 Å². The first-order chi connectivity index (χ1) is 12.2. The molecule has 0 saturated carbocycles. The van der Waals surface area contributed by atoms with Crippen molar-refractivity contribution in [1.82, 2.24) is 15.2 Å². The zero-order valence-electron chi connectivity index (χ0n) is 14.6. The number of nitrogens with zero attached hydrogens (tertiary/aromatic N) is 2. The van der Waals surface area contributed by atoms with Crippen LogP contribution in [0.25, 0.3) is 22.8 Å². The van der Waals surface area contributed by atoms with Crippen molar-refractivity contribution in [2.45, 2.75) is 13.8 Å². The summed E-state index contributed by atoms with van der Waals surface area (Å²) in [7, 11) is 1.64. The average molecular weight is 339 g/mol. The van der Waals surface area contributed by atoms with E-state index in [0.29, 0.717) is 30.6 Å². The standard InChI is InChI=1S/C19H21N3O3/c1-4-24-16-11-8-14(12-17(16)25-5-2)19-20-18(21-22-19)13-6-9-15(23-3)10-7-13/h6-12H,4-5H2,1-3H3,(H,20,21,22). The molecule has 3 rings (SSSR count). The number of rotatable bonds is 7. The van der Waals surface area contributed by atoms with Crippen molar-refractivity contribution in [2.75, 3.05) is 20.3 Å². The van der Waals surface area contributed by atoms with Gasteiger partial charge in [-0.1, -0.05) is 0 Å². The Morgan fingerprint density at radius 2 is 1.56 bits per heavy atom. The van der Waals surface area contributed by atoms with Crippen LogP contribution in [-0.4, -0.2) is 35.5 Å². The van der Waals surface area contributed by atoms with Crippen LogP contribution >= 0.6 is 0 Å². The molecule has 6 heteroatoms. The van der Waals surface area contributed by atoms with E-state index < -0.39 is 0 Å².